The number of hydrogen-bond acceptors (Lipinski definition) is 4. The fourth-order valence-corrected chi connectivity index (χ4v) is 1.53. The van der Waals surface area contributed by atoms with Crippen LogP contribution in [0.4, 0.5) is 4.39 Å². The van der Waals surface area contributed by atoms with Crippen LogP contribution in [0.2, 0.25) is 0 Å². The van der Waals surface area contributed by atoms with Gasteiger partial charge in [-0.15, -0.1) is 0 Å². The smallest absolute Gasteiger partial charge is 0.344 e. The number of aliphatic hydroxyl groups is 1. The number of ether oxygens (including phenoxy) is 2. The number of hydrogen-bond donors (Lipinski definition) is 1. The van der Waals surface area contributed by atoms with Crippen molar-refractivity contribution in [2.24, 2.45) is 0 Å². The van der Waals surface area contributed by atoms with Gasteiger partial charge < -0.3 is 14.6 Å². The molecule has 2 atom stereocenters. The van der Waals surface area contributed by atoms with E-state index in [2.05, 4.69) is 4.74 Å². The highest BCUT2D eigenvalue weighted by Crippen LogP contribution is 2.30. The maximum atomic E-state index is 13.9. The molecule has 1 rings (SSSR count). The Morgan fingerprint density at radius 2 is 2.22 bits per heavy atom. The van der Waals surface area contributed by atoms with E-state index in [4.69, 9.17) is 4.74 Å². The lowest BCUT2D eigenvalue weighted by Crippen LogP contribution is -2.40. The summed E-state index contributed by atoms with van der Waals surface area (Å²) in [5.74, 6) is -0.603. The number of carbonyl (C=O) groups is 1. The molecule has 0 amide bonds. The van der Waals surface area contributed by atoms with E-state index in [0.717, 1.165) is 0 Å². The van der Waals surface area contributed by atoms with Crippen LogP contribution in [0.3, 0.4) is 0 Å². The molecule has 0 saturated heterocycles. The number of benzene rings is 1. The summed E-state index contributed by atoms with van der Waals surface area (Å²) >= 11 is 0. The molecule has 18 heavy (non-hydrogen) atoms. The van der Waals surface area contributed by atoms with Gasteiger partial charge in [-0.05, 0) is 31.5 Å². The zero-order valence-electron chi connectivity index (χ0n) is 10.6. The Kier molecular flexibility index (Phi) is 4.67. The average molecular weight is 256 g/mol. The van der Waals surface area contributed by atoms with Crippen molar-refractivity contribution >= 4 is 5.97 Å². The number of alkyl halides is 1. The van der Waals surface area contributed by atoms with Crippen molar-refractivity contribution in [2.45, 2.75) is 25.6 Å². The van der Waals surface area contributed by atoms with Crippen molar-refractivity contribution in [2.75, 3.05) is 13.7 Å². The van der Waals surface area contributed by atoms with Crippen molar-refractivity contribution in [3.63, 3.8) is 0 Å². The van der Waals surface area contributed by atoms with Crippen LogP contribution in [0.1, 0.15) is 19.4 Å². The predicted octanol–water partition coefficient (Wildman–Crippen LogP) is 1.80. The fraction of sp³-hybridized carbons (Fsp3) is 0.462. The van der Waals surface area contributed by atoms with Crippen LogP contribution in [-0.2, 0) is 15.1 Å². The molecule has 100 valence electrons. The van der Waals surface area contributed by atoms with E-state index in [1.54, 1.807) is 19.1 Å². The van der Waals surface area contributed by atoms with Crippen LogP contribution in [0.25, 0.3) is 0 Å². The van der Waals surface area contributed by atoms with E-state index in [1.165, 1.54) is 26.2 Å². The van der Waals surface area contributed by atoms with Crippen molar-refractivity contribution < 1.29 is 23.8 Å². The largest absolute Gasteiger partial charge is 0.497 e. The predicted molar refractivity (Wildman–Crippen MR) is 64.1 cm³/mol. The Labute approximate surface area is 105 Å². The lowest BCUT2D eigenvalue weighted by Gasteiger charge is -2.26. The monoisotopic (exact) mass is 256 g/mol. The minimum absolute atomic E-state index is 0.0629. The molecule has 4 nitrogen and oxygen atoms in total. The summed E-state index contributed by atoms with van der Waals surface area (Å²) in [6.07, 6.45) is -2.15. The summed E-state index contributed by atoms with van der Waals surface area (Å²) in [5, 5.41) is 10.1. The van der Waals surface area contributed by atoms with Gasteiger partial charge in [-0.3, -0.25) is 0 Å². The summed E-state index contributed by atoms with van der Waals surface area (Å²) in [5.41, 5.74) is -1.71. The quantitative estimate of drug-likeness (QED) is 0.816. The summed E-state index contributed by atoms with van der Waals surface area (Å²) in [6.45, 7) is 2.86. The second kappa shape index (κ2) is 5.82. The second-order valence-corrected chi connectivity index (χ2v) is 3.99. The minimum atomic E-state index is -2.15. The summed E-state index contributed by atoms with van der Waals surface area (Å²) in [4.78, 5) is 11.3. The van der Waals surface area contributed by atoms with Crippen LogP contribution >= 0.6 is 0 Å². The van der Waals surface area contributed by atoms with Gasteiger partial charge in [-0.1, -0.05) is 12.1 Å². The number of rotatable bonds is 5. The first-order valence-corrected chi connectivity index (χ1v) is 5.61. The molecular weight excluding hydrogens is 239 g/mol. The summed E-state index contributed by atoms with van der Waals surface area (Å²) < 4.78 is 23.5. The van der Waals surface area contributed by atoms with Crippen molar-refractivity contribution in [1.82, 2.24) is 0 Å². The highest BCUT2D eigenvalue weighted by atomic mass is 19.1. The van der Waals surface area contributed by atoms with Gasteiger partial charge in [0.1, 0.15) is 11.4 Å². The Hall–Kier alpha value is -1.62. The lowest BCUT2D eigenvalue weighted by molar-refractivity contribution is -0.160. The zero-order valence-corrected chi connectivity index (χ0v) is 10.6. The molecule has 0 bridgehead atoms. The minimum Gasteiger partial charge on any atom is -0.497 e. The van der Waals surface area contributed by atoms with E-state index in [1.807, 2.05) is 0 Å². The number of carbonyl (C=O) groups excluding carboxylic acids is 1. The van der Waals surface area contributed by atoms with E-state index in [-0.39, 0.29) is 12.2 Å². The summed E-state index contributed by atoms with van der Waals surface area (Å²) in [7, 11) is 1.46. The number of esters is 1. The third-order valence-corrected chi connectivity index (χ3v) is 2.64. The molecule has 0 aliphatic heterocycles. The third kappa shape index (κ3) is 2.98. The highest BCUT2D eigenvalue weighted by molar-refractivity contribution is 5.76. The zero-order chi connectivity index (χ0) is 13.8. The molecule has 0 radical (unpaired) electrons. The van der Waals surface area contributed by atoms with Crippen molar-refractivity contribution in [3.05, 3.63) is 29.8 Å². The average Bonchev–Trinajstić information content (AvgIpc) is 2.38. The SMILES string of the molecule is CCOC(=O)C(F)C(C)(O)c1cccc(OC)c1. The van der Waals surface area contributed by atoms with E-state index in [9.17, 15) is 14.3 Å². The number of halogens is 1. The van der Waals surface area contributed by atoms with Crippen LogP contribution in [0.15, 0.2) is 24.3 Å². The molecule has 0 aliphatic carbocycles. The van der Waals surface area contributed by atoms with Gasteiger partial charge in [0.25, 0.3) is 0 Å². The molecule has 1 aromatic carbocycles. The standard InChI is InChI=1S/C13H17FO4/c1-4-18-12(15)11(14)13(2,16)9-6-5-7-10(8-9)17-3/h5-8,11,16H,4H2,1-3H3. The Balaban J connectivity index is 3.00. The van der Waals surface area contributed by atoms with Crippen molar-refractivity contribution in [3.8, 4) is 5.75 Å². The number of methoxy groups -OCH3 is 1. The Bertz CT molecular complexity index is 417. The first-order chi connectivity index (χ1) is 8.43. The third-order valence-electron chi connectivity index (χ3n) is 2.64. The Morgan fingerprint density at radius 1 is 1.56 bits per heavy atom. The van der Waals surface area contributed by atoms with Gasteiger partial charge in [-0.25, -0.2) is 9.18 Å². The molecule has 0 saturated carbocycles. The normalized spacial score (nSPS) is 15.6. The first-order valence-electron chi connectivity index (χ1n) is 5.61. The maximum Gasteiger partial charge on any atom is 0.344 e. The molecule has 1 N–H and O–H groups in total. The van der Waals surface area contributed by atoms with Crippen LogP contribution < -0.4 is 4.74 Å². The van der Waals surface area contributed by atoms with Crippen molar-refractivity contribution in [1.29, 1.82) is 0 Å². The van der Waals surface area contributed by atoms with Gasteiger partial charge in [0.15, 0.2) is 0 Å². The first kappa shape index (κ1) is 14.4. The molecule has 5 heteroatoms. The molecule has 0 fully saturated rings. The molecule has 0 aliphatic rings. The van der Waals surface area contributed by atoms with Gasteiger partial charge in [0.05, 0.1) is 13.7 Å². The van der Waals surface area contributed by atoms with Crippen LogP contribution in [0, 0.1) is 0 Å². The van der Waals surface area contributed by atoms with Crippen LogP contribution in [0.5, 0.6) is 5.75 Å². The molecule has 0 spiro atoms. The summed E-state index contributed by atoms with van der Waals surface area (Å²) in [6, 6.07) is 6.28. The maximum absolute atomic E-state index is 13.9. The topological polar surface area (TPSA) is 55.8 Å². The van der Waals surface area contributed by atoms with Gasteiger partial charge in [0.2, 0.25) is 6.17 Å². The molecule has 0 heterocycles. The van der Waals surface area contributed by atoms with Gasteiger partial charge in [-0.2, -0.15) is 0 Å². The molecule has 1 aromatic rings. The molecular formula is C13H17FO4. The molecule has 0 aromatic heterocycles. The lowest BCUT2D eigenvalue weighted by atomic mass is 9.91. The van der Waals surface area contributed by atoms with Gasteiger partial charge >= 0.3 is 5.97 Å². The van der Waals surface area contributed by atoms with Crippen LogP contribution in [-0.4, -0.2) is 31.0 Å². The van der Waals surface area contributed by atoms with E-state index >= 15 is 0 Å². The van der Waals surface area contributed by atoms with E-state index in [0.29, 0.717) is 5.75 Å². The van der Waals surface area contributed by atoms with Gasteiger partial charge in [0, 0.05) is 0 Å². The Morgan fingerprint density at radius 3 is 2.78 bits per heavy atom. The van der Waals surface area contributed by atoms with E-state index < -0.39 is 17.7 Å². The highest BCUT2D eigenvalue weighted by Gasteiger charge is 2.40. The molecule has 2 unspecified atom stereocenters. The second-order valence-electron chi connectivity index (χ2n) is 3.99. The fourth-order valence-electron chi connectivity index (χ4n) is 1.53.